The van der Waals surface area contributed by atoms with Crippen LogP contribution >= 0.6 is 11.8 Å². The van der Waals surface area contributed by atoms with E-state index in [9.17, 15) is 9.90 Å². The van der Waals surface area contributed by atoms with Crippen molar-refractivity contribution >= 4 is 17.7 Å². The van der Waals surface area contributed by atoms with Crippen molar-refractivity contribution in [3.05, 3.63) is 29.3 Å². The Morgan fingerprint density at radius 1 is 1.37 bits per heavy atom. The van der Waals surface area contributed by atoms with Gasteiger partial charge >= 0.3 is 0 Å². The van der Waals surface area contributed by atoms with Crippen molar-refractivity contribution in [3.8, 4) is 0 Å². The molecule has 2 rings (SSSR count). The Bertz CT molecular complexity index is 461. The van der Waals surface area contributed by atoms with Crippen molar-refractivity contribution in [1.29, 1.82) is 0 Å². The Hall–Kier alpha value is -1.00. The summed E-state index contributed by atoms with van der Waals surface area (Å²) < 4.78 is 0. The Balaban J connectivity index is 2.10. The molecule has 1 aromatic carbocycles. The fraction of sp³-hybridized carbons (Fsp3) is 0.533. The highest BCUT2D eigenvalue weighted by atomic mass is 32.2. The molecule has 0 saturated heterocycles. The van der Waals surface area contributed by atoms with E-state index in [4.69, 9.17) is 0 Å². The molecule has 4 heteroatoms. The molecule has 0 heterocycles. The van der Waals surface area contributed by atoms with Crippen LogP contribution in [-0.4, -0.2) is 29.4 Å². The number of hydrogen-bond donors (Lipinski definition) is 2. The maximum atomic E-state index is 12.3. The number of carbonyl (C=O) groups excluding carboxylic acids is 1. The first kappa shape index (κ1) is 14.4. The maximum absolute atomic E-state index is 12.3. The molecule has 1 aliphatic carbocycles. The zero-order valence-electron chi connectivity index (χ0n) is 11.5. The summed E-state index contributed by atoms with van der Waals surface area (Å²) in [5.74, 6) is -0.0700. The fourth-order valence-corrected chi connectivity index (χ4v) is 2.94. The van der Waals surface area contributed by atoms with Crippen molar-refractivity contribution in [1.82, 2.24) is 5.32 Å². The smallest absolute Gasteiger partial charge is 0.251 e. The first-order chi connectivity index (χ1) is 9.11. The van der Waals surface area contributed by atoms with Gasteiger partial charge in [0.05, 0.1) is 12.1 Å². The number of carbonyl (C=O) groups is 1. The van der Waals surface area contributed by atoms with Gasteiger partial charge < -0.3 is 10.4 Å². The predicted molar refractivity (Wildman–Crippen MR) is 78.7 cm³/mol. The van der Waals surface area contributed by atoms with Crippen LogP contribution < -0.4 is 5.32 Å². The summed E-state index contributed by atoms with van der Waals surface area (Å²) in [5.41, 5.74) is 1.69. The molecule has 0 spiro atoms. The van der Waals surface area contributed by atoms with Crippen molar-refractivity contribution in [2.24, 2.45) is 0 Å². The second kappa shape index (κ2) is 6.44. The van der Waals surface area contributed by atoms with Gasteiger partial charge in [-0.25, -0.2) is 0 Å². The van der Waals surface area contributed by atoms with Crippen molar-refractivity contribution < 1.29 is 9.90 Å². The molecule has 104 valence electrons. The lowest BCUT2D eigenvalue weighted by Gasteiger charge is -2.28. The molecule has 2 N–H and O–H groups in total. The van der Waals surface area contributed by atoms with Crippen LogP contribution in [0.1, 0.15) is 41.6 Å². The van der Waals surface area contributed by atoms with Crippen molar-refractivity contribution in [2.75, 3.05) is 6.26 Å². The van der Waals surface area contributed by atoms with Crippen LogP contribution in [0.3, 0.4) is 0 Å². The first-order valence-corrected chi connectivity index (χ1v) is 7.98. The number of aryl methyl sites for hydroxylation is 1. The Labute approximate surface area is 118 Å². The summed E-state index contributed by atoms with van der Waals surface area (Å²) in [4.78, 5) is 13.4. The van der Waals surface area contributed by atoms with E-state index in [1.54, 1.807) is 11.8 Å². The fourth-order valence-electron chi connectivity index (χ4n) is 2.50. The molecule has 3 nitrogen and oxygen atoms in total. The van der Waals surface area contributed by atoms with E-state index >= 15 is 0 Å². The predicted octanol–water partition coefficient (Wildman–Crippen LogP) is 2.75. The van der Waals surface area contributed by atoms with Gasteiger partial charge in [0.25, 0.3) is 5.91 Å². The molecule has 19 heavy (non-hydrogen) atoms. The lowest BCUT2D eigenvalue weighted by atomic mass is 9.92. The minimum atomic E-state index is -0.401. The molecule has 0 unspecified atom stereocenters. The number of hydrogen-bond acceptors (Lipinski definition) is 3. The second-order valence-electron chi connectivity index (χ2n) is 5.11. The minimum absolute atomic E-state index is 0.0700. The molecule has 1 aliphatic rings. The summed E-state index contributed by atoms with van der Waals surface area (Å²) in [7, 11) is 0. The number of benzene rings is 1. The molecular weight excluding hydrogens is 258 g/mol. The van der Waals surface area contributed by atoms with Crippen LogP contribution in [0.25, 0.3) is 0 Å². The number of amides is 1. The number of thioether (sulfide) groups is 1. The van der Waals surface area contributed by atoms with E-state index in [-0.39, 0.29) is 11.9 Å². The Morgan fingerprint density at radius 3 is 2.79 bits per heavy atom. The monoisotopic (exact) mass is 279 g/mol. The van der Waals surface area contributed by atoms with E-state index in [1.807, 2.05) is 31.4 Å². The lowest BCUT2D eigenvalue weighted by molar-refractivity contribution is 0.0716. The van der Waals surface area contributed by atoms with E-state index < -0.39 is 6.10 Å². The van der Waals surface area contributed by atoms with Gasteiger partial charge in [0.1, 0.15) is 0 Å². The molecule has 1 aromatic rings. The van der Waals surface area contributed by atoms with Gasteiger partial charge in [-0.2, -0.15) is 0 Å². The standard InChI is InChI=1S/C15H21NO2S/c1-10-7-8-11(19-2)9-12(10)15(18)16-13-5-3-4-6-14(13)17/h7-9,13-14,17H,3-6H2,1-2H3,(H,16,18)/t13-,14-/m1/s1. The molecule has 2 atom stereocenters. The van der Waals surface area contributed by atoms with Gasteiger partial charge in [-0.3, -0.25) is 4.79 Å². The summed E-state index contributed by atoms with van der Waals surface area (Å²) in [6.07, 6.45) is 5.38. The Morgan fingerprint density at radius 2 is 2.11 bits per heavy atom. The molecular formula is C15H21NO2S. The normalized spacial score (nSPS) is 23.1. The van der Waals surface area contributed by atoms with Gasteiger partial charge in [-0.1, -0.05) is 18.9 Å². The van der Waals surface area contributed by atoms with Gasteiger partial charge in [-0.05, 0) is 43.7 Å². The first-order valence-electron chi connectivity index (χ1n) is 6.75. The van der Waals surface area contributed by atoms with E-state index in [2.05, 4.69) is 5.32 Å². The van der Waals surface area contributed by atoms with Crippen LogP contribution in [-0.2, 0) is 0 Å². The summed E-state index contributed by atoms with van der Waals surface area (Å²) in [6.45, 7) is 1.94. The van der Waals surface area contributed by atoms with E-state index in [0.717, 1.165) is 36.1 Å². The zero-order valence-corrected chi connectivity index (χ0v) is 12.3. The number of aliphatic hydroxyl groups excluding tert-OH is 1. The average molecular weight is 279 g/mol. The van der Waals surface area contributed by atoms with Crippen LogP contribution in [0.2, 0.25) is 0 Å². The molecule has 1 fully saturated rings. The van der Waals surface area contributed by atoms with Gasteiger partial charge in [0.2, 0.25) is 0 Å². The largest absolute Gasteiger partial charge is 0.391 e. The number of rotatable bonds is 3. The summed E-state index contributed by atoms with van der Waals surface area (Å²) >= 11 is 1.63. The minimum Gasteiger partial charge on any atom is -0.391 e. The maximum Gasteiger partial charge on any atom is 0.251 e. The van der Waals surface area contributed by atoms with Crippen molar-refractivity contribution in [2.45, 2.75) is 49.6 Å². The van der Waals surface area contributed by atoms with E-state index in [1.165, 1.54) is 0 Å². The molecule has 0 aromatic heterocycles. The van der Waals surface area contributed by atoms with Crippen LogP contribution in [0.15, 0.2) is 23.1 Å². The third-order valence-electron chi connectivity index (χ3n) is 3.74. The molecule has 0 bridgehead atoms. The van der Waals surface area contributed by atoms with Crippen LogP contribution in [0.4, 0.5) is 0 Å². The quantitative estimate of drug-likeness (QED) is 0.836. The highest BCUT2D eigenvalue weighted by Crippen LogP contribution is 2.21. The van der Waals surface area contributed by atoms with Gasteiger partial charge in [0.15, 0.2) is 0 Å². The molecule has 1 amide bonds. The van der Waals surface area contributed by atoms with Crippen molar-refractivity contribution in [3.63, 3.8) is 0 Å². The zero-order chi connectivity index (χ0) is 13.8. The Kier molecular flexibility index (Phi) is 4.88. The third kappa shape index (κ3) is 3.51. The number of aliphatic hydroxyl groups is 1. The second-order valence-corrected chi connectivity index (χ2v) is 5.99. The third-order valence-corrected chi connectivity index (χ3v) is 4.46. The van der Waals surface area contributed by atoms with Gasteiger partial charge in [-0.15, -0.1) is 11.8 Å². The summed E-state index contributed by atoms with van der Waals surface area (Å²) in [5, 5.41) is 12.9. The highest BCUT2D eigenvalue weighted by molar-refractivity contribution is 7.98. The number of nitrogens with one attached hydrogen (secondary N) is 1. The summed E-state index contributed by atoms with van der Waals surface area (Å²) in [6, 6.07) is 5.81. The average Bonchev–Trinajstić information content (AvgIpc) is 2.42. The van der Waals surface area contributed by atoms with Gasteiger partial charge in [0, 0.05) is 10.5 Å². The molecule has 0 radical (unpaired) electrons. The topological polar surface area (TPSA) is 49.3 Å². The SMILES string of the molecule is CSc1ccc(C)c(C(=O)N[C@@H]2CCCC[C@H]2O)c1. The molecule has 1 saturated carbocycles. The van der Waals surface area contributed by atoms with Crippen LogP contribution in [0, 0.1) is 6.92 Å². The highest BCUT2D eigenvalue weighted by Gasteiger charge is 2.25. The lowest BCUT2D eigenvalue weighted by Crippen LogP contribution is -2.45. The van der Waals surface area contributed by atoms with E-state index in [0.29, 0.717) is 5.56 Å². The van der Waals surface area contributed by atoms with Crippen LogP contribution in [0.5, 0.6) is 0 Å². The molecule has 0 aliphatic heterocycles.